The van der Waals surface area contributed by atoms with Crippen LogP contribution in [0.2, 0.25) is 0 Å². The van der Waals surface area contributed by atoms with Crippen molar-refractivity contribution in [2.45, 2.75) is 58.7 Å². The topological polar surface area (TPSA) is 121 Å². The molecule has 10 nitrogen and oxygen atoms in total. The van der Waals surface area contributed by atoms with Crippen LogP contribution in [-0.4, -0.2) is 47.4 Å². The highest BCUT2D eigenvalue weighted by atomic mass is 32.2. The van der Waals surface area contributed by atoms with Gasteiger partial charge in [0, 0.05) is 6.42 Å². The van der Waals surface area contributed by atoms with E-state index in [1.807, 2.05) is 0 Å². The zero-order valence-electron chi connectivity index (χ0n) is 21.3. The highest BCUT2D eigenvalue weighted by molar-refractivity contribution is 8.06. The number of thioether (sulfide) groups is 1. The van der Waals surface area contributed by atoms with Crippen LogP contribution in [-0.2, 0) is 35.0 Å². The van der Waals surface area contributed by atoms with E-state index in [9.17, 15) is 9.59 Å². The predicted octanol–water partition coefficient (Wildman–Crippen LogP) is 4.52. The average Bonchev–Trinajstić information content (AvgIpc) is 3.30. The molecular formula is C25H32N4O6S2. The molecule has 1 aromatic rings. The third-order valence-electron chi connectivity index (χ3n) is 5.42. The number of ether oxygens (including phenoxy) is 4. The van der Waals surface area contributed by atoms with E-state index in [0.29, 0.717) is 33.2 Å². The fourth-order valence-corrected chi connectivity index (χ4v) is 4.86. The maximum absolute atomic E-state index is 12.4. The molecule has 2 N–H and O–H groups in total. The molecule has 12 heteroatoms. The molecule has 0 saturated carbocycles. The summed E-state index contributed by atoms with van der Waals surface area (Å²) in [7, 11) is 0. The summed E-state index contributed by atoms with van der Waals surface area (Å²) < 4.78 is 22.1. The molecule has 2 amide bonds. The molecule has 37 heavy (non-hydrogen) atoms. The number of amides is 2. The second-order valence-electron chi connectivity index (χ2n) is 8.32. The van der Waals surface area contributed by atoms with Crippen LogP contribution in [0.15, 0.2) is 58.8 Å². The molecule has 2 aliphatic heterocycles. The van der Waals surface area contributed by atoms with Crippen molar-refractivity contribution in [2.75, 3.05) is 18.5 Å². The largest absolute Gasteiger partial charge is 0.490 e. The van der Waals surface area contributed by atoms with E-state index < -0.39 is 12.2 Å². The Morgan fingerprint density at radius 1 is 1.03 bits per heavy atom. The van der Waals surface area contributed by atoms with Crippen LogP contribution in [0, 0.1) is 0 Å². The van der Waals surface area contributed by atoms with Crippen LogP contribution in [0.1, 0.15) is 45.0 Å². The molecule has 0 aromatic carbocycles. The van der Waals surface area contributed by atoms with Crippen molar-refractivity contribution in [1.82, 2.24) is 15.5 Å². The lowest BCUT2D eigenvalue weighted by Crippen LogP contribution is -2.40. The van der Waals surface area contributed by atoms with Gasteiger partial charge in [-0.25, -0.2) is 0 Å². The lowest BCUT2D eigenvalue weighted by Gasteiger charge is -2.25. The molecule has 0 bridgehead atoms. The molecule has 0 fully saturated rings. The van der Waals surface area contributed by atoms with Gasteiger partial charge in [-0.05, 0) is 51.0 Å². The summed E-state index contributed by atoms with van der Waals surface area (Å²) in [6.45, 7) is 17.2. The zero-order chi connectivity index (χ0) is 26.9. The van der Waals surface area contributed by atoms with Crippen LogP contribution in [0.4, 0.5) is 5.13 Å². The Bertz CT molecular complexity index is 1130. The molecule has 0 saturated heterocycles. The van der Waals surface area contributed by atoms with E-state index in [1.54, 1.807) is 26.8 Å². The second-order valence-corrected chi connectivity index (χ2v) is 10.7. The number of hydrogen-bond donors (Lipinski definition) is 2. The SMILES string of the molecule is C=CC1=C(C)OC(C(=O)NC(=C)SC(=C)CCCCc2nnc(NC(=O)C3COC(C)=C(C)O3)s2)CO1. The molecule has 0 aliphatic carbocycles. The summed E-state index contributed by atoms with van der Waals surface area (Å²) in [5, 5.41) is 15.4. The minimum absolute atomic E-state index is 0.111. The Morgan fingerprint density at radius 2 is 1.73 bits per heavy atom. The maximum Gasteiger partial charge on any atom is 0.270 e. The Morgan fingerprint density at radius 3 is 2.43 bits per heavy atom. The summed E-state index contributed by atoms with van der Waals surface area (Å²) in [6.07, 6.45) is 3.31. The van der Waals surface area contributed by atoms with Crippen molar-refractivity contribution >= 4 is 40.0 Å². The van der Waals surface area contributed by atoms with Gasteiger partial charge in [-0.3, -0.25) is 14.9 Å². The first-order chi connectivity index (χ1) is 17.7. The standard InChI is InChI=1S/C25H32N4O6S2/c1-7-19-17(5)35-21(13-33-19)23(30)26-18(6)36-14(2)10-8-9-11-22-28-29-25(37-22)27-24(31)20-12-32-15(3)16(4)34-20/h7,20-21H,1-2,6,8-13H2,3-5H3,(H,26,30)(H,27,29,31). The normalized spacial score (nSPS) is 19.1. The van der Waals surface area contributed by atoms with E-state index in [0.717, 1.165) is 35.6 Å². The van der Waals surface area contributed by atoms with Crippen molar-refractivity contribution in [3.63, 3.8) is 0 Å². The van der Waals surface area contributed by atoms with E-state index in [1.165, 1.54) is 23.1 Å². The van der Waals surface area contributed by atoms with Gasteiger partial charge in [0.25, 0.3) is 11.8 Å². The average molecular weight is 549 g/mol. The molecule has 200 valence electrons. The van der Waals surface area contributed by atoms with Crippen LogP contribution < -0.4 is 10.6 Å². The highest BCUT2D eigenvalue weighted by Crippen LogP contribution is 2.27. The number of nitrogens with one attached hydrogen (secondary N) is 2. The number of rotatable bonds is 12. The van der Waals surface area contributed by atoms with Crippen molar-refractivity contribution in [2.24, 2.45) is 0 Å². The molecule has 2 atom stereocenters. The van der Waals surface area contributed by atoms with Gasteiger partial charge in [0.1, 0.15) is 35.5 Å². The van der Waals surface area contributed by atoms with E-state index in [-0.39, 0.29) is 25.0 Å². The Balaban J connectivity index is 1.32. The molecule has 0 radical (unpaired) electrons. The number of hydrogen-bond acceptors (Lipinski definition) is 10. The highest BCUT2D eigenvalue weighted by Gasteiger charge is 2.28. The third kappa shape index (κ3) is 8.39. The van der Waals surface area contributed by atoms with Crippen LogP contribution >= 0.6 is 23.1 Å². The fraction of sp³-hybridized carbons (Fsp3) is 0.440. The summed E-state index contributed by atoms with van der Waals surface area (Å²) in [6, 6.07) is 0. The lowest BCUT2D eigenvalue weighted by atomic mass is 10.2. The van der Waals surface area contributed by atoms with Gasteiger partial charge in [0.05, 0.1) is 5.03 Å². The molecule has 0 spiro atoms. The van der Waals surface area contributed by atoms with E-state index in [2.05, 4.69) is 40.6 Å². The number of aromatic nitrogens is 2. The van der Waals surface area contributed by atoms with Gasteiger partial charge in [-0.1, -0.05) is 42.8 Å². The van der Waals surface area contributed by atoms with E-state index >= 15 is 0 Å². The first-order valence-electron chi connectivity index (χ1n) is 11.7. The molecule has 2 aliphatic rings. The summed E-state index contributed by atoms with van der Waals surface area (Å²) in [5.41, 5.74) is 0. The number of carbonyl (C=O) groups excluding carboxylic acids is 2. The van der Waals surface area contributed by atoms with Gasteiger partial charge >= 0.3 is 0 Å². The maximum atomic E-state index is 12.4. The minimum Gasteiger partial charge on any atom is -0.490 e. The number of allylic oxidation sites excluding steroid dienone is 5. The Labute approximate surface area is 224 Å². The number of aryl methyl sites for hydroxylation is 1. The lowest BCUT2D eigenvalue weighted by molar-refractivity contribution is -0.134. The zero-order valence-corrected chi connectivity index (χ0v) is 22.9. The first-order valence-corrected chi connectivity index (χ1v) is 13.4. The van der Waals surface area contributed by atoms with Gasteiger partial charge in [-0.2, -0.15) is 0 Å². The van der Waals surface area contributed by atoms with Gasteiger partial charge in [0.2, 0.25) is 17.3 Å². The monoisotopic (exact) mass is 548 g/mol. The summed E-state index contributed by atoms with van der Waals surface area (Å²) >= 11 is 2.66. The number of unbranched alkanes of at least 4 members (excludes halogenated alkanes) is 1. The minimum atomic E-state index is -0.746. The second kappa shape index (κ2) is 13.3. The number of carbonyl (C=O) groups is 2. The molecule has 3 heterocycles. The van der Waals surface area contributed by atoms with Gasteiger partial charge in [-0.15, -0.1) is 10.2 Å². The molecular weight excluding hydrogens is 516 g/mol. The predicted molar refractivity (Wildman–Crippen MR) is 143 cm³/mol. The van der Waals surface area contributed by atoms with Crippen LogP contribution in [0.5, 0.6) is 0 Å². The van der Waals surface area contributed by atoms with E-state index in [4.69, 9.17) is 18.9 Å². The Hall–Kier alpha value is -3.25. The summed E-state index contributed by atoms with van der Waals surface area (Å²) in [4.78, 5) is 25.7. The fourth-order valence-electron chi connectivity index (χ4n) is 3.32. The number of anilines is 1. The van der Waals surface area contributed by atoms with Crippen molar-refractivity contribution in [3.05, 3.63) is 63.8 Å². The Kier molecular flexibility index (Phi) is 10.2. The number of nitrogens with zero attached hydrogens (tertiary/aromatic N) is 2. The smallest absolute Gasteiger partial charge is 0.270 e. The van der Waals surface area contributed by atoms with Crippen molar-refractivity contribution in [1.29, 1.82) is 0 Å². The molecule has 2 unspecified atom stereocenters. The quantitative estimate of drug-likeness (QED) is 0.363. The molecule has 1 aromatic heterocycles. The molecule has 3 rings (SSSR count). The van der Waals surface area contributed by atoms with Crippen molar-refractivity contribution in [3.8, 4) is 0 Å². The van der Waals surface area contributed by atoms with Gasteiger partial charge < -0.3 is 24.3 Å². The summed E-state index contributed by atoms with van der Waals surface area (Å²) in [5.74, 6) is 1.69. The van der Waals surface area contributed by atoms with Crippen molar-refractivity contribution < 1.29 is 28.5 Å². The van der Waals surface area contributed by atoms with Crippen LogP contribution in [0.3, 0.4) is 0 Å². The van der Waals surface area contributed by atoms with Crippen LogP contribution in [0.25, 0.3) is 0 Å². The first kappa shape index (κ1) is 28.3. The van der Waals surface area contributed by atoms with Gasteiger partial charge in [0.15, 0.2) is 5.76 Å². The third-order valence-corrected chi connectivity index (χ3v) is 7.16.